The van der Waals surface area contributed by atoms with Gasteiger partial charge in [-0.1, -0.05) is 11.8 Å². The largest absolute Gasteiger partial charge is 0.393 e. The van der Waals surface area contributed by atoms with Crippen LogP contribution in [0.15, 0.2) is 15.9 Å². The third-order valence-electron chi connectivity index (χ3n) is 0.858. The highest BCUT2D eigenvalue weighted by atomic mass is 32.2. The molecule has 1 atom stereocenters. The summed E-state index contributed by atoms with van der Waals surface area (Å²) < 4.78 is 1.03. The lowest BCUT2D eigenvalue weighted by Gasteiger charge is -1.98. The van der Waals surface area contributed by atoms with Crippen molar-refractivity contribution < 1.29 is 5.11 Å². The third-order valence-corrected chi connectivity index (χ3v) is 3.07. The predicted octanol–water partition coefficient (Wildman–Crippen LogP) is 1.62. The summed E-state index contributed by atoms with van der Waals surface area (Å²) in [6, 6.07) is 0. The Morgan fingerprint density at radius 3 is 3.20 bits per heavy atom. The van der Waals surface area contributed by atoms with E-state index in [1.54, 1.807) is 36.2 Å². The van der Waals surface area contributed by atoms with E-state index < -0.39 is 0 Å². The lowest BCUT2D eigenvalue weighted by Crippen LogP contribution is -2.01. The molecule has 56 valence electrons. The quantitative estimate of drug-likeness (QED) is 0.709. The second kappa shape index (κ2) is 3.95. The molecule has 4 heteroatoms. The van der Waals surface area contributed by atoms with Gasteiger partial charge in [-0.05, 0) is 6.92 Å². The fraction of sp³-hybridized carbons (Fsp3) is 0.500. The monoisotopic (exact) mass is 175 g/mol. The molecule has 1 aromatic rings. The Morgan fingerprint density at radius 1 is 1.90 bits per heavy atom. The number of nitrogens with zero attached hydrogens (tertiary/aromatic N) is 1. The van der Waals surface area contributed by atoms with Crippen LogP contribution in [0.1, 0.15) is 6.92 Å². The molecular weight excluding hydrogens is 166 g/mol. The number of hydrogen-bond acceptors (Lipinski definition) is 4. The lowest BCUT2D eigenvalue weighted by molar-refractivity contribution is 0.220. The van der Waals surface area contributed by atoms with E-state index in [0.29, 0.717) is 0 Å². The first kappa shape index (κ1) is 8.04. The van der Waals surface area contributed by atoms with Gasteiger partial charge in [0.2, 0.25) is 0 Å². The smallest absolute Gasteiger partial charge is 0.149 e. The van der Waals surface area contributed by atoms with Gasteiger partial charge in [0, 0.05) is 17.3 Å². The molecule has 1 heterocycles. The predicted molar refractivity (Wildman–Crippen MR) is 44.5 cm³/mol. The SMILES string of the molecule is C[C@@H](O)CSc1nccs1. The van der Waals surface area contributed by atoms with Gasteiger partial charge < -0.3 is 5.11 Å². The maximum atomic E-state index is 8.91. The van der Waals surface area contributed by atoms with E-state index in [1.807, 2.05) is 5.38 Å². The molecule has 0 amide bonds. The van der Waals surface area contributed by atoms with Gasteiger partial charge in [0.1, 0.15) is 4.34 Å². The van der Waals surface area contributed by atoms with Gasteiger partial charge in [-0.15, -0.1) is 11.3 Å². The Morgan fingerprint density at radius 2 is 2.70 bits per heavy atom. The minimum absolute atomic E-state index is 0.242. The Hall–Kier alpha value is -0.0600. The number of rotatable bonds is 3. The number of hydrogen-bond donors (Lipinski definition) is 1. The van der Waals surface area contributed by atoms with Gasteiger partial charge in [-0.25, -0.2) is 4.98 Å². The highest BCUT2D eigenvalue weighted by Gasteiger charge is 1.98. The Labute approximate surface area is 68.3 Å². The highest BCUT2D eigenvalue weighted by molar-refractivity contribution is 8.01. The van der Waals surface area contributed by atoms with Crippen LogP contribution >= 0.6 is 23.1 Å². The summed E-state index contributed by atoms with van der Waals surface area (Å²) in [7, 11) is 0. The van der Waals surface area contributed by atoms with Crippen molar-refractivity contribution in [1.82, 2.24) is 4.98 Å². The summed E-state index contributed by atoms with van der Waals surface area (Å²) in [6.45, 7) is 1.78. The molecule has 0 unspecified atom stereocenters. The summed E-state index contributed by atoms with van der Waals surface area (Å²) >= 11 is 3.20. The van der Waals surface area contributed by atoms with Crippen molar-refractivity contribution in [2.45, 2.75) is 17.4 Å². The van der Waals surface area contributed by atoms with Crippen molar-refractivity contribution in [3.63, 3.8) is 0 Å². The minimum atomic E-state index is -0.242. The molecule has 0 fully saturated rings. The average Bonchev–Trinajstić information content (AvgIpc) is 2.34. The first-order chi connectivity index (χ1) is 4.79. The van der Waals surface area contributed by atoms with Crippen LogP contribution in [0.25, 0.3) is 0 Å². The minimum Gasteiger partial charge on any atom is -0.393 e. The lowest BCUT2D eigenvalue weighted by atomic mass is 10.5. The van der Waals surface area contributed by atoms with Crippen molar-refractivity contribution in [2.75, 3.05) is 5.75 Å². The third kappa shape index (κ3) is 2.68. The fourth-order valence-corrected chi connectivity index (χ4v) is 2.00. The maximum absolute atomic E-state index is 8.91. The molecule has 0 spiro atoms. The summed E-state index contributed by atoms with van der Waals surface area (Å²) in [4.78, 5) is 4.06. The van der Waals surface area contributed by atoms with Crippen LogP contribution in [-0.2, 0) is 0 Å². The molecule has 1 aromatic heterocycles. The van der Waals surface area contributed by atoms with Crippen LogP contribution in [0, 0.1) is 0 Å². The van der Waals surface area contributed by atoms with Gasteiger partial charge in [-0.2, -0.15) is 0 Å². The average molecular weight is 175 g/mol. The molecular formula is C6H9NOS2. The van der Waals surface area contributed by atoms with Crippen LogP contribution in [0.5, 0.6) is 0 Å². The second-order valence-electron chi connectivity index (χ2n) is 1.96. The zero-order chi connectivity index (χ0) is 7.40. The van der Waals surface area contributed by atoms with Crippen molar-refractivity contribution in [3.05, 3.63) is 11.6 Å². The molecule has 0 bridgehead atoms. The van der Waals surface area contributed by atoms with Crippen molar-refractivity contribution >= 4 is 23.1 Å². The molecule has 2 nitrogen and oxygen atoms in total. The fourth-order valence-electron chi connectivity index (χ4n) is 0.474. The van der Waals surface area contributed by atoms with Gasteiger partial charge in [0.05, 0.1) is 6.10 Å². The van der Waals surface area contributed by atoms with Gasteiger partial charge in [-0.3, -0.25) is 0 Å². The highest BCUT2D eigenvalue weighted by Crippen LogP contribution is 2.20. The zero-order valence-electron chi connectivity index (χ0n) is 5.65. The van der Waals surface area contributed by atoms with Gasteiger partial charge >= 0.3 is 0 Å². The molecule has 0 saturated carbocycles. The van der Waals surface area contributed by atoms with Crippen molar-refractivity contribution in [1.29, 1.82) is 0 Å². The van der Waals surface area contributed by atoms with Gasteiger partial charge in [0.15, 0.2) is 0 Å². The molecule has 0 aromatic carbocycles. The van der Waals surface area contributed by atoms with Crippen LogP contribution in [-0.4, -0.2) is 21.9 Å². The van der Waals surface area contributed by atoms with E-state index in [-0.39, 0.29) is 6.10 Å². The van der Waals surface area contributed by atoms with Crippen LogP contribution in [0.2, 0.25) is 0 Å². The number of thiazole rings is 1. The standard InChI is InChI=1S/C6H9NOS2/c1-5(8)4-10-6-7-2-3-9-6/h2-3,5,8H,4H2,1H3/t5-/m1/s1. The molecule has 0 aliphatic rings. The Kier molecular flexibility index (Phi) is 3.18. The maximum Gasteiger partial charge on any atom is 0.149 e. The van der Waals surface area contributed by atoms with Crippen LogP contribution in [0.4, 0.5) is 0 Å². The molecule has 0 radical (unpaired) electrons. The molecule has 1 rings (SSSR count). The number of aliphatic hydroxyl groups excluding tert-OH is 1. The van der Waals surface area contributed by atoms with Crippen LogP contribution < -0.4 is 0 Å². The summed E-state index contributed by atoms with van der Waals surface area (Å²) in [5, 5.41) is 10.8. The number of thioether (sulfide) groups is 1. The summed E-state index contributed by atoms with van der Waals surface area (Å²) in [5.41, 5.74) is 0. The molecule has 10 heavy (non-hydrogen) atoms. The molecule has 0 aliphatic heterocycles. The topological polar surface area (TPSA) is 33.1 Å². The first-order valence-corrected chi connectivity index (χ1v) is 4.86. The van der Waals surface area contributed by atoms with E-state index in [4.69, 9.17) is 5.11 Å². The summed E-state index contributed by atoms with van der Waals surface area (Å²) in [5.74, 6) is 0.730. The summed E-state index contributed by atoms with van der Waals surface area (Å²) in [6.07, 6.45) is 1.53. The number of aromatic nitrogens is 1. The van der Waals surface area contributed by atoms with E-state index >= 15 is 0 Å². The van der Waals surface area contributed by atoms with Crippen LogP contribution in [0.3, 0.4) is 0 Å². The van der Waals surface area contributed by atoms with Gasteiger partial charge in [0.25, 0.3) is 0 Å². The van der Waals surface area contributed by atoms with E-state index in [9.17, 15) is 0 Å². The van der Waals surface area contributed by atoms with E-state index in [1.165, 1.54) is 0 Å². The van der Waals surface area contributed by atoms with E-state index in [0.717, 1.165) is 10.1 Å². The Bertz CT molecular complexity index is 174. The zero-order valence-corrected chi connectivity index (χ0v) is 7.28. The molecule has 0 saturated heterocycles. The van der Waals surface area contributed by atoms with Crippen molar-refractivity contribution in [3.8, 4) is 0 Å². The second-order valence-corrected chi connectivity index (χ2v) is 4.12. The molecule has 1 N–H and O–H groups in total. The van der Waals surface area contributed by atoms with E-state index in [2.05, 4.69) is 4.98 Å². The normalized spacial score (nSPS) is 13.4. The Balaban J connectivity index is 2.28. The van der Waals surface area contributed by atoms with Crippen molar-refractivity contribution in [2.24, 2.45) is 0 Å². The molecule has 0 aliphatic carbocycles. The first-order valence-electron chi connectivity index (χ1n) is 2.99. The number of aliphatic hydroxyl groups is 1.